The molecule has 0 fully saturated rings. The molecular weight excluding hydrogens is 292 g/mol. The van der Waals surface area contributed by atoms with Gasteiger partial charge >= 0.3 is 0 Å². The van der Waals surface area contributed by atoms with E-state index in [1.165, 1.54) is 25.7 Å². The quantitative estimate of drug-likeness (QED) is 0.593. The lowest BCUT2D eigenvalue weighted by Gasteiger charge is -2.25. The molecule has 0 bridgehead atoms. The summed E-state index contributed by atoms with van der Waals surface area (Å²) in [6.07, 6.45) is 5.03. The molecule has 0 saturated carbocycles. The van der Waals surface area contributed by atoms with Crippen molar-refractivity contribution in [3.05, 3.63) is 10.7 Å². The SMILES string of the molecule is CCCCCC(C)(C)CNc1nc(N)cc(Br)n1. The standard InChI is InChI=1S/C13H23BrN4/c1-4-5-6-7-13(2,3)9-16-12-17-10(14)8-11(15)18-12/h8H,4-7,9H2,1-3H3,(H3,15,16,17,18). The van der Waals surface area contributed by atoms with Gasteiger partial charge in [-0.15, -0.1) is 0 Å². The van der Waals surface area contributed by atoms with E-state index >= 15 is 0 Å². The van der Waals surface area contributed by atoms with E-state index in [0.29, 0.717) is 16.4 Å². The van der Waals surface area contributed by atoms with E-state index in [0.717, 1.165) is 6.54 Å². The smallest absolute Gasteiger partial charge is 0.225 e. The highest BCUT2D eigenvalue weighted by molar-refractivity contribution is 9.10. The number of nitrogens with two attached hydrogens (primary N) is 1. The van der Waals surface area contributed by atoms with Crippen LogP contribution in [0.25, 0.3) is 0 Å². The zero-order valence-corrected chi connectivity index (χ0v) is 13.0. The molecule has 4 nitrogen and oxygen atoms in total. The number of nitrogens with zero attached hydrogens (tertiary/aromatic N) is 2. The zero-order valence-electron chi connectivity index (χ0n) is 11.5. The Balaban J connectivity index is 2.47. The van der Waals surface area contributed by atoms with Crippen LogP contribution in [0.15, 0.2) is 10.7 Å². The number of hydrogen-bond donors (Lipinski definition) is 2. The lowest BCUT2D eigenvalue weighted by atomic mass is 9.87. The Hall–Kier alpha value is -0.840. The van der Waals surface area contributed by atoms with Crippen LogP contribution in [0, 0.1) is 5.41 Å². The second kappa shape index (κ2) is 6.92. The van der Waals surface area contributed by atoms with E-state index in [-0.39, 0.29) is 5.41 Å². The molecule has 0 aromatic carbocycles. The fourth-order valence-corrected chi connectivity index (χ4v) is 2.18. The van der Waals surface area contributed by atoms with Gasteiger partial charge in [-0.2, -0.15) is 4.98 Å². The summed E-state index contributed by atoms with van der Waals surface area (Å²) >= 11 is 3.31. The zero-order chi connectivity index (χ0) is 13.6. The molecule has 102 valence electrons. The molecule has 18 heavy (non-hydrogen) atoms. The Morgan fingerprint density at radius 3 is 2.67 bits per heavy atom. The average Bonchev–Trinajstić information content (AvgIpc) is 2.25. The fourth-order valence-electron chi connectivity index (χ4n) is 1.77. The molecule has 0 aliphatic carbocycles. The van der Waals surface area contributed by atoms with E-state index in [1.807, 2.05) is 0 Å². The molecule has 3 N–H and O–H groups in total. The van der Waals surface area contributed by atoms with Gasteiger partial charge < -0.3 is 11.1 Å². The van der Waals surface area contributed by atoms with E-state index < -0.39 is 0 Å². The highest BCUT2D eigenvalue weighted by Gasteiger charge is 2.17. The molecule has 5 heteroatoms. The summed E-state index contributed by atoms with van der Waals surface area (Å²) in [5, 5.41) is 3.26. The number of aromatic nitrogens is 2. The number of rotatable bonds is 7. The lowest BCUT2D eigenvalue weighted by Crippen LogP contribution is -2.24. The van der Waals surface area contributed by atoms with E-state index in [4.69, 9.17) is 5.73 Å². The predicted molar refractivity (Wildman–Crippen MR) is 80.6 cm³/mol. The van der Waals surface area contributed by atoms with Crippen molar-refractivity contribution in [2.45, 2.75) is 46.5 Å². The summed E-state index contributed by atoms with van der Waals surface area (Å²) in [5.41, 5.74) is 5.92. The topological polar surface area (TPSA) is 63.8 Å². The second-order valence-electron chi connectivity index (χ2n) is 5.41. The third-order valence-electron chi connectivity index (χ3n) is 2.90. The molecule has 0 saturated heterocycles. The number of nitrogen functional groups attached to an aromatic ring is 1. The molecular formula is C13H23BrN4. The molecule has 0 amide bonds. The normalized spacial score (nSPS) is 11.6. The summed E-state index contributed by atoms with van der Waals surface area (Å²) < 4.78 is 0.710. The first-order valence-corrected chi connectivity index (χ1v) is 7.26. The summed E-state index contributed by atoms with van der Waals surface area (Å²) in [4.78, 5) is 8.41. The van der Waals surface area contributed by atoms with Gasteiger partial charge in [0, 0.05) is 12.6 Å². The first-order chi connectivity index (χ1) is 8.43. The van der Waals surface area contributed by atoms with Gasteiger partial charge in [0.15, 0.2) is 0 Å². The van der Waals surface area contributed by atoms with Gasteiger partial charge in [0.2, 0.25) is 5.95 Å². The van der Waals surface area contributed by atoms with Gasteiger partial charge in [0.25, 0.3) is 0 Å². The molecule has 0 atom stereocenters. The number of nitrogens with one attached hydrogen (secondary N) is 1. The lowest BCUT2D eigenvalue weighted by molar-refractivity contribution is 0.342. The molecule has 1 rings (SSSR count). The summed E-state index contributed by atoms with van der Waals surface area (Å²) in [5.74, 6) is 1.06. The Bertz CT molecular complexity index is 359. The van der Waals surface area contributed by atoms with Crippen molar-refractivity contribution in [2.24, 2.45) is 5.41 Å². The van der Waals surface area contributed by atoms with Gasteiger partial charge in [-0.1, -0.05) is 40.0 Å². The molecule has 0 unspecified atom stereocenters. The monoisotopic (exact) mass is 314 g/mol. The second-order valence-corrected chi connectivity index (χ2v) is 6.23. The molecule has 1 aromatic heterocycles. The van der Waals surface area contributed by atoms with Crippen LogP contribution in [0.4, 0.5) is 11.8 Å². The van der Waals surface area contributed by atoms with Crippen molar-refractivity contribution >= 4 is 27.7 Å². The summed E-state index contributed by atoms with van der Waals surface area (Å²) in [6.45, 7) is 7.60. The third-order valence-corrected chi connectivity index (χ3v) is 3.30. The van der Waals surface area contributed by atoms with Gasteiger partial charge in [0.1, 0.15) is 10.4 Å². The van der Waals surface area contributed by atoms with E-state index in [1.54, 1.807) is 6.07 Å². The van der Waals surface area contributed by atoms with E-state index in [2.05, 4.69) is 52.0 Å². The summed E-state index contributed by atoms with van der Waals surface area (Å²) in [6, 6.07) is 1.69. The van der Waals surface area contributed by atoms with Crippen LogP contribution in [0.2, 0.25) is 0 Å². The van der Waals surface area contributed by atoms with Crippen LogP contribution in [-0.2, 0) is 0 Å². The maximum atomic E-state index is 5.68. The largest absolute Gasteiger partial charge is 0.383 e. The van der Waals surface area contributed by atoms with Crippen molar-refractivity contribution in [2.75, 3.05) is 17.6 Å². The maximum Gasteiger partial charge on any atom is 0.225 e. The minimum atomic E-state index is 0.246. The maximum absolute atomic E-state index is 5.68. The van der Waals surface area contributed by atoms with Crippen molar-refractivity contribution < 1.29 is 0 Å². The number of hydrogen-bond acceptors (Lipinski definition) is 4. The Labute approximate surface area is 118 Å². The van der Waals surface area contributed by atoms with E-state index in [9.17, 15) is 0 Å². The first-order valence-electron chi connectivity index (χ1n) is 6.47. The molecule has 0 spiro atoms. The minimum Gasteiger partial charge on any atom is -0.383 e. The van der Waals surface area contributed by atoms with Crippen LogP contribution in [-0.4, -0.2) is 16.5 Å². The highest BCUT2D eigenvalue weighted by atomic mass is 79.9. The van der Waals surface area contributed by atoms with Crippen molar-refractivity contribution in [3.8, 4) is 0 Å². The molecule has 1 aromatic rings. The van der Waals surface area contributed by atoms with Gasteiger partial charge in [-0.25, -0.2) is 4.98 Å². The molecule has 1 heterocycles. The van der Waals surface area contributed by atoms with Crippen molar-refractivity contribution in [1.29, 1.82) is 0 Å². The molecule has 0 radical (unpaired) electrons. The van der Waals surface area contributed by atoms with Crippen molar-refractivity contribution in [3.63, 3.8) is 0 Å². The van der Waals surface area contributed by atoms with Crippen LogP contribution >= 0.6 is 15.9 Å². The molecule has 0 aliphatic heterocycles. The minimum absolute atomic E-state index is 0.246. The predicted octanol–water partition coefficient (Wildman–Crippen LogP) is 3.84. The Morgan fingerprint density at radius 1 is 1.33 bits per heavy atom. The van der Waals surface area contributed by atoms with Gasteiger partial charge in [0.05, 0.1) is 0 Å². The Morgan fingerprint density at radius 2 is 2.06 bits per heavy atom. The van der Waals surface area contributed by atoms with Gasteiger partial charge in [-0.05, 0) is 27.8 Å². The molecule has 0 aliphatic rings. The van der Waals surface area contributed by atoms with Gasteiger partial charge in [-0.3, -0.25) is 0 Å². The highest BCUT2D eigenvalue weighted by Crippen LogP contribution is 2.24. The van der Waals surface area contributed by atoms with Crippen molar-refractivity contribution in [1.82, 2.24) is 9.97 Å². The Kier molecular flexibility index (Phi) is 5.85. The van der Waals surface area contributed by atoms with Crippen LogP contribution < -0.4 is 11.1 Å². The van der Waals surface area contributed by atoms with Crippen LogP contribution in [0.3, 0.4) is 0 Å². The van der Waals surface area contributed by atoms with Crippen LogP contribution in [0.5, 0.6) is 0 Å². The fraction of sp³-hybridized carbons (Fsp3) is 0.692. The average molecular weight is 315 g/mol. The summed E-state index contributed by atoms with van der Waals surface area (Å²) in [7, 11) is 0. The number of anilines is 2. The third kappa shape index (κ3) is 5.67. The number of unbranched alkanes of at least 4 members (excludes halogenated alkanes) is 2. The first kappa shape index (κ1) is 15.2. The number of halogens is 1. The van der Waals surface area contributed by atoms with Crippen LogP contribution in [0.1, 0.15) is 46.5 Å².